The second-order valence-corrected chi connectivity index (χ2v) is 12.4. The lowest BCUT2D eigenvalue weighted by atomic mass is 9.98. The number of carboxylic acids is 2. The quantitative estimate of drug-likeness (QED) is 0.156. The van der Waals surface area contributed by atoms with Gasteiger partial charge in [0.15, 0.2) is 6.73 Å². The van der Waals surface area contributed by atoms with Crippen LogP contribution >= 0.6 is 0 Å². The van der Waals surface area contributed by atoms with Crippen molar-refractivity contribution in [1.29, 1.82) is 0 Å². The standard InChI is InChI=1S/C33H40N4O8/c1-19-34-27-16-20-14-15-25(22(20)17-23(27)30(41)37(19)18-45-32(44)33(2,3)4)35-24-11-9-8-10-21(24)29(40)36-26(31(42)43)12-6-5-7-13-28(38)39/h8-11,16-17,25-26,35H,5-7,12-15,18H2,1-4H3,(H,36,40)(H,38,39)(H,42,43). The van der Waals surface area contributed by atoms with Crippen molar-refractivity contribution in [3.05, 3.63) is 69.3 Å². The fraction of sp³-hybridized carbons (Fsp3) is 0.455. The van der Waals surface area contributed by atoms with Crippen LogP contribution in [0.4, 0.5) is 5.69 Å². The van der Waals surface area contributed by atoms with Crippen LogP contribution in [0.5, 0.6) is 0 Å². The second-order valence-electron chi connectivity index (χ2n) is 12.4. The minimum atomic E-state index is -1.16. The molecule has 12 heteroatoms. The van der Waals surface area contributed by atoms with Gasteiger partial charge in [-0.25, -0.2) is 9.78 Å². The van der Waals surface area contributed by atoms with Gasteiger partial charge in [-0.05, 0) is 88.8 Å². The van der Waals surface area contributed by atoms with Crippen LogP contribution in [0.3, 0.4) is 0 Å². The molecular formula is C33H40N4O8. The van der Waals surface area contributed by atoms with Gasteiger partial charge in [-0.2, -0.15) is 0 Å². The highest BCUT2D eigenvalue weighted by Crippen LogP contribution is 2.36. The topological polar surface area (TPSA) is 177 Å². The number of esters is 1. The molecule has 0 spiro atoms. The zero-order valence-corrected chi connectivity index (χ0v) is 26.0. The molecule has 1 aromatic heterocycles. The fourth-order valence-corrected chi connectivity index (χ4v) is 5.37. The van der Waals surface area contributed by atoms with Gasteiger partial charge in [-0.15, -0.1) is 0 Å². The summed E-state index contributed by atoms with van der Waals surface area (Å²) in [4.78, 5) is 66.2. The van der Waals surface area contributed by atoms with Gasteiger partial charge >= 0.3 is 17.9 Å². The average Bonchev–Trinajstić information content (AvgIpc) is 3.35. The van der Waals surface area contributed by atoms with Crippen LogP contribution in [0.1, 0.15) is 92.6 Å². The number of aryl methyl sites for hydroxylation is 2. The molecule has 4 N–H and O–H groups in total. The number of aliphatic carboxylic acids is 2. The number of fused-ring (bicyclic) bond motifs is 2. The Morgan fingerprint density at radius 2 is 1.82 bits per heavy atom. The van der Waals surface area contributed by atoms with Crippen molar-refractivity contribution in [2.45, 2.75) is 91.5 Å². The first-order valence-corrected chi connectivity index (χ1v) is 15.1. The number of unbranched alkanes of at least 4 members (excludes halogenated alkanes) is 2. The van der Waals surface area contributed by atoms with Crippen molar-refractivity contribution in [1.82, 2.24) is 14.9 Å². The molecule has 0 radical (unpaired) electrons. The van der Waals surface area contributed by atoms with Crippen molar-refractivity contribution in [3.63, 3.8) is 0 Å². The number of para-hydroxylation sites is 1. The maximum atomic E-state index is 13.5. The number of hydrogen-bond donors (Lipinski definition) is 4. The average molecular weight is 621 g/mol. The van der Waals surface area contributed by atoms with Crippen molar-refractivity contribution in [2.24, 2.45) is 5.41 Å². The van der Waals surface area contributed by atoms with E-state index in [-0.39, 0.29) is 36.7 Å². The van der Waals surface area contributed by atoms with Gasteiger partial charge in [0.25, 0.3) is 11.5 Å². The number of anilines is 1. The Balaban J connectivity index is 1.53. The van der Waals surface area contributed by atoms with E-state index in [4.69, 9.17) is 9.84 Å². The molecule has 45 heavy (non-hydrogen) atoms. The Bertz CT molecular complexity index is 1670. The number of amides is 1. The number of nitrogens with one attached hydrogen (secondary N) is 2. The second kappa shape index (κ2) is 13.9. The fourth-order valence-electron chi connectivity index (χ4n) is 5.37. The van der Waals surface area contributed by atoms with Crippen molar-refractivity contribution >= 4 is 40.4 Å². The molecule has 4 rings (SSSR count). The van der Waals surface area contributed by atoms with E-state index in [1.807, 2.05) is 6.07 Å². The van der Waals surface area contributed by atoms with E-state index in [1.165, 1.54) is 4.57 Å². The number of carbonyl (C=O) groups excluding carboxylic acids is 2. The summed E-state index contributed by atoms with van der Waals surface area (Å²) in [6.45, 7) is 6.66. The van der Waals surface area contributed by atoms with Crippen LogP contribution < -0.4 is 16.2 Å². The maximum Gasteiger partial charge on any atom is 0.326 e. The van der Waals surface area contributed by atoms with Gasteiger partial charge in [-0.1, -0.05) is 25.0 Å². The zero-order chi connectivity index (χ0) is 32.9. The molecule has 240 valence electrons. The van der Waals surface area contributed by atoms with Gasteiger partial charge in [0.2, 0.25) is 0 Å². The molecule has 1 heterocycles. The number of ether oxygens (including phenoxy) is 1. The number of benzene rings is 2. The van der Waals surface area contributed by atoms with Gasteiger partial charge < -0.3 is 25.6 Å². The Morgan fingerprint density at radius 3 is 2.51 bits per heavy atom. The molecule has 0 fully saturated rings. The molecule has 3 aromatic rings. The lowest BCUT2D eigenvalue weighted by Crippen LogP contribution is -2.41. The van der Waals surface area contributed by atoms with E-state index in [0.717, 1.165) is 17.5 Å². The molecule has 1 amide bonds. The predicted octanol–water partition coefficient (Wildman–Crippen LogP) is 4.57. The summed E-state index contributed by atoms with van der Waals surface area (Å²) < 4.78 is 6.72. The molecule has 1 aliphatic carbocycles. The SMILES string of the molecule is Cc1nc2cc3c(cc2c(=O)n1COC(=O)C(C)(C)C)C(Nc1ccccc1C(=O)NC(CCCCCC(=O)O)C(=O)O)CC3. The van der Waals surface area contributed by atoms with Crippen molar-refractivity contribution in [3.8, 4) is 0 Å². The smallest absolute Gasteiger partial charge is 0.326 e. The number of hydrogen-bond acceptors (Lipinski definition) is 8. The van der Waals surface area contributed by atoms with E-state index in [0.29, 0.717) is 48.1 Å². The summed E-state index contributed by atoms with van der Waals surface area (Å²) in [5.74, 6) is -2.60. The Labute approximate surface area is 260 Å². The first-order chi connectivity index (χ1) is 21.3. The van der Waals surface area contributed by atoms with Crippen LogP contribution in [-0.2, 0) is 32.3 Å². The number of nitrogens with zero attached hydrogens (tertiary/aromatic N) is 2. The molecule has 2 aromatic carbocycles. The van der Waals surface area contributed by atoms with Crippen molar-refractivity contribution in [2.75, 3.05) is 5.32 Å². The molecule has 0 saturated heterocycles. The molecule has 0 bridgehead atoms. The van der Waals surface area contributed by atoms with E-state index >= 15 is 0 Å². The van der Waals surface area contributed by atoms with Gasteiger partial charge in [0.05, 0.1) is 27.9 Å². The number of carboxylic acid groups (broad SMARTS) is 2. The first kappa shape index (κ1) is 33.2. The maximum absolute atomic E-state index is 13.5. The third kappa shape index (κ3) is 8.05. The third-order valence-electron chi connectivity index (χ3n) is 7.91. The van der Waals surface area contributed by atoms with E-state index < -0.39 is 35.3 Å². The number of rotatable bonds is 13. The molecule has 2 unspecified atom stereocenters. The van der Waals surface area contributed by atoms with E-state index in [1.54, 1.807) is 58.0 Å². The van der Waals surface area contributed by atoms with E-state index in [2.05, 4.69) is 15.6 Å². The molecular weight excluding hydrogens is 580 g/mol. The normalized spacial score (nSPS) is 14.9. The molecule has 2 atom stereocenters. The summed E-state index contributed by atoms with van der Waals surface area (Å²) in [5.41, 5.74) is 2.23. The molecule has 0 aliphatic heterocycles. The summed E-state index contributed by atoms with van der Waals surface area (Å²) in [5, 5.41) is 24.9. The van der Waals surface area contributed by atoms with Crippen LogP contribution in [0, 0.1) is 12.3 Å². The molecule has 1 aliphatic rings. The lowest BCUT2D eigenvalue weighted by Gasteiger charge is -2.20. The van der Waals surface area contributed by atoms with Gasteiger partial charge in [-0.3, -0.25) is 23.7 Å². The minimum absolute atomic E-state index is 0.0163. The van der Waals surface area contributed by atoms with Crippen LogP contribution in [0.25, 0.3) is 10.9 Å². The van der Waals surface area contributed by atoms with E-state index in [9.17, 15) is 29.1 Å². The Morgan fingerprint density at radius 1 is 1.09 bits per heavy atom. The lowest BCUT2D eigenvalue weighted by molar-refractivity contribution is -0.157. The first-order valence-electron chi connectivity index (χ1n) is 15.1. The predicted molar refractivity (Wildman–Crippen MR) is 167 cm³/mol. The largest absolute Gasteiger partial charge is 0.481 e. The molecule has 0 saturated carbocycles. The summed E-state index contributed by atoms with van der Waals surface area (Å²) in [6.07, 6.45) is 3.07. The monoisotopic (exact) mass is 620 g/mol. The summed E-state index contributed by atoms with van der Waals surface area (Å²) >= 11 is 0. The zero-order valence-electron chi connectivity index (χ0n) is 26.0. The third-order valence-corrected chi connectivity index (χ3v) is 7.91. The minimum Gasteiger partial charge on any atom is -0.481 e. The Hall–Kier alpha value is -4.74. The molecule has 12 nitrogen and oxygen atoms in total. The highest BCUT2D eigenvalue weighted by Gasteiger charge is 2.28. The van der Waals surface area contributed by atoms with Gasteiger partial charge in [0.1, 0.15) is 11.9 Å². The summed E-state index contributed by atoms with van der Waals surface area (Å²) in [7, 11) is 0. The highest BCUT2D eigenvalue weighted by atomic mass is 16.5. The number of carbonyl (C=O) groups is 4. The van der Waals surface area contributed by atoms with Gasteiger partial charge in [0, 0.05) is 12.1 Å². The summed E-state index contributed by atoms with van der Waals surface area (Å²) in [6, 6.07) is 9.20. The van der Waals surface area contributed by atoms with Crippen molar-refractivity contribution < 1.29 is 34.1 Å². The highest BCUT2D eigenvalue weighted by molar-refractivity contribution is 6.01. The number of aromatic nitrogens is 2. The Kier molecular flexibility index (Phi) is 10.3. The van der Waals surface area contributed by atoms with Crippen LogP contribution in [0.15, 0.2) is 41.2 Å². The van der Waals surface area contributed by atoms with Crippen LogP contribution in [-0.4, -0.2) is 49.6 Å². The van der Waals surface area contributed by atoms with Crippen LogP contribution in [0.2, 0.25) is 0 Å².